The van der Waals surface area contributed by atoms with Crippen LogP contribution in [0.15, 0.2) is 29.0 Å². The molecule has 1 saturated heterocycles. The Hall–Kier alpha value is -2.54. The molecule has 7 heteroatoms. The lowest BCUT2D eigenvalue weighted by molar-refractivity contribution is 0.0860. The molecule has 1 aromatic heterocycles. The zero-order chi connectivity index (χ0) is 19.9. The Morgan fingerprint density at radius 3 is 2.93 bits per heavy atom. The highest BCUT2D eigenvalue weighted by molar-refractivity contribution is 5.93. The smallest absolute Gasteiger partial charge is 0.273 e. The highest BCUT2D eigenvalue weighted by Crippen LogP contribution is 2.31. The second-order valence-electron chi connectivity index (χ2n) is 7.27. The number of hydrogen-bond acceptors (Lipinski definition) is 6. The molecule has 1 amide bonds. The van der Waals surface area contributed by atoms with Gasteiger partial charge in [0.1, 0.15) is 6.10 Å². The second-order valence-corrected chi connectivity index (χ2v) is 7.27. The van der Waals surface area contributed by atoms with Crippen molar-refractivity contribution in [3.63, 3.8) is 0 Å². The second kappa shape index (κ2) is 9.59. The molecule has 0 spiro atoms. The van der Waals surface area contributed by atoms with Gasteiger partial charge in [0.15, 0.2) is 29.3 Å². The van der Waals surface area contributed by atoms with Crippen LogP contribution < -0.4 is 14.8 Å². The molecule has 1 aromatic carbocycles. The van der Waals surface area contributed by atoms with Gasteiger partial charge in [-0.25, -0.2) is 4.98 Å². The standard InChI is InChI=1S/C21H28N2O5/c1-14(2)8-10-27-16-7-6-15(11-18(16)25-3)12-22-21(24)19-20(28-13-23-19)17-5-4-9-26-17/h6-7,11,13-14,17H,4-5,8-10,12H2,1-3H3,(H,22,24). The fourth-order valence-electron chi connectivity index (χ4n) is 3.05. The van der Waals surface area contributed by atoms with Crippen LogP contribution in [0.2, 0.25) is 0 Å². The third-order valence-electron chi connectivity index (χ3n) is 4.67. The number of oxazole rings is 1. The van der Waals surface area contributed by atoms with E-state index < -0.39 is 0 Å². The van der Waals surface area contributed by atoms with Crippen molar-refractivity contribution in [2.75, 3.05) is 20.3 Å². The largest absolute Gasteiger partial charge is 0.493 e. The summed E-state index contributed by atoms with van der Waals surface area (Å²) in [4.78, 5) is 16.6. The van der Waals surface area contributed by atoms with Crippen LogP contribution in [-0.2, 0) is 11.3 Å². The van der Waals surface area contributed by atoms with E-state index in [4.69, 9.17) is 18.6 Å². The summed E-state index contributed by atoms with van der Waals surface area (Å²) in [5.74, 6) is 2.15. The lowest BCUT2D eigenvalue weighted by Gasteiger charge is -2.13. The van der Waals surface area contributed by atoms with Gasteiger partial charge in [-0.05, 0) is 42.9 Å². The number of ether oxygens (including phenoxy) is 3. The number of carbonyl (C=O) groups is 1. The van der Waals surface area contributed by atoms with E-state index in [0.29, 0.717) is 42.9 Å². The van der Waals surface area contributed by atoms with E-state index in [2.05, 4.69) is 24.1 Å². The molecule has 0 saturated carbocycles. The quantitative estimate of drug-likeness (QED) is 0.702. The van der Waals surface area contributed by atoms with Crippen LogP contribution in [0, 0.1) is 5.92 Å². The Morgan fingerprint density at radius 1 is 1.36 bits per heavy atom. The summed E-state index contributed by atoms with van der Waals surface area (Å²) in [6, 6.07) is 5.65. The summed E-state index contributed by atoms with van der Waals surface area (Å²) in [5, 5.41) is 2.88. The summed E-state index contributed by atoms with van der Waals surface area (Å²) < 4.78 is 22.2. The number of rotatable bonds is 9. The minimum Gasteiger partial charge on any atom is -0.493 e. The van der Waals surface area contributed by atoms with Crippen LogP contribution in [0.3, 0.4) is 0 Å². The number of nitrogens with zero attached hydrogens (tertiary/aromatic N) is 1. The molecular weight excluding hydrogens is 360 g/mol. The summed E-state index contributed by atoms with van der Waals surface area (Å²) >= 11 is 0. The van der Waals surface area contributed by atoms with Crippen molar-refractivity contribution in [1.82, 2.24) is 10.3 Å². The van der Waals surface area contributed by atoms with Gasteiger partial charge in [-0.3, -0.25) is 4.79 Å². The van der Waals surface area contributed by atoms with Crippen LogP contribution in [-0.4, -0.2) is 31.2 Å². The van der Waals surface area contributed by atoms with E-state index >= 15 is 0 Å². The molecule has 1 atom stereocenters. The maximum absolute atomic E-state index is 12.5. The molecule has 1 unspecified atom stereocenters. The van der Waals surface area contributed by atoms with Gasteiger partial charge in [0.2, 0.25) is 0 Å². The Bertz CT molecular complexity index is 781. The molecule has 28 heavy (non-hydrogen) atoms. The third kappa shape index (κ3) is 5.04. The third-order valence-corrected chi connectivity index (χ3v) is 4.67. The molecule has 152 valence electrons. The van der Waals surface area contributed by atoms with E-state index in [1.165, 1.54) is 6.39 Å². The number of methoxy groups -OCH3 is 1. The molecule has 1 aliphatic heterocycles. The van der Waals surface area contributed by atoms with Crippen LogP contribution in [0.25, 0.3) is 0 Å². The first-order valence-electron chi connectivity index (χ1n) is 9.71. The van der Waals surface area contributed by atoms with Crippen molar-refractivity contribution in [2.45, 2.75) is 45.8 Å². The SMILES string of the molecule is COc1cc(CNC(=O)c2ncoc2C2CCCO2)ccc1OCCC(C)C. The number of benzene rings is 1. The normalized spacial score (nSPS) is 16.4. The van der Waals surface area contributed by atoms with Crippen molar-refractivity contribution in [3.05, 3.63) is 41.6 Å². The van der Waals surface area contributed by atoms with Gasteiger partial charge < -0.3 is 23.9 Å². The van der Waals surface area contributed by atoms with Crippen LogP contribution in [0.4, 0.5) is 0 Å². The predicted octanol–water partition coefficient (Wildman–Crippen LogP) is 3.89. The molecule has 1 fully saturated rings. The Morgan fingerprint density at radius 2 is 2.21 bits per heavy atom. The molecule has 2 aromatic rings. The van der Waals surface area contributed by atoms with E-state index in [1.54, 1.807) is 7.11 Å². The monoisotopic (exact) mass is 388 g/mol. The number of hydrogen-bond donors (Lipinski definition) is 1. The van der Waals surface area contributed by atoms with E-state index in [0.717, 1.165) is 24.8 Å². The van der Waals surface area contributed by atoms with Crippen molar-refractivity contribution in [1.29, 1.82) is 0 Å². The maximum atomic E-state index is 12.5. The van der Waals surface area contributed by atoms with Crippen molar-refractivity contribution >= 4 is 5.91 Å². The zero-order valence-corrected chi connectivity index (χ0v) is 16.7. The molecule has 1 aliphatic rings. The van der Waals surface area contributed by atoms with E-state index in [1.807, 2.05) is 18.2 Å². The fourth-order valence-corrected chi connectivity index (χ4v) is 3.05. The maximum Gasteiger partial charge on any atom is 0.273 e. The van der Waals surface area contributed by atoms with Gasteiger partial charge in [-0.1, -0.05) is 19.9 Å². The lowest BCUT2D eigenvalue weighted by atomic mass is 10.1. The van der Waals surface area contributed by atoms with Gasteiger partial charge in [0, 0.05) is 13.2 Å². The van der Waals surface area contributed by atoms with Gasteiger partial charge in [0.25, 0.3) is 5.91 Å². The highest BCUT2D eigenvalue weighted by Gasteiger charge is 2.27. The predicted molar refractivity (Wildman–Crippen MR) is 104 cm³/mol. The number of amides is 1. The Kier molecular flexibility index (Phi) is 6.92. The zero-order valence-electron chi connectivity index (χ0n) is 16.7. The van der Waals surface area contributed by atoms with Gasteiger partial charge in [-0.15, -0.1) is 0 Å². The van der Waals surface area contributed by atoms with Crippen molar-refractivity contribution in [2.24, 2.45) is 5.92 Å². The molecular formula is C21H28N2O5. The summed E-state index contributed by atoms with van der Waals surface area (Å²) in [7, 11) is 1.61. The van der Waals surface area contributed by atoms with Crippen LogP contribution >= 0.6 is 0 Å². The molecule has 1 N–H and O–H groups in total. The molecule has 0 aliphatic carbocycles. The highest BCUT2D eigenvalue weighted by atomic mass is 16.5. The summed E-state index contributed by atoms with van der Waals surface area (Å²) in [5.41, 5.74) is 1.19. The van der Waals surface area contributed by atoms with E-state index in [9.17, 15) is 4.79 Å². The van der Waals surface area contributed by atoms with Gasteiger partial charge in [0.05, 0.1) is 13.7 Å². The average Bonchev–Trinajstić information content (AvgIpc) is 3.37. The number of nitrogens with one attached hydrogen (secondary N) is 1. The topological polar surface area (TPSA) is 82.8 Å². The Labute approximate surface area is 165 Å². The van der Waals surface area contributed by atoms with E-state index in [-0.39, 0.29) is 17.7 Å². The summed E-state index contributed by atoms with van der Waals surface area (Å²) in [6.07, 6.45) is 3.87. The minimum atomic E-state index is -0.282. The van der Waals surface area contributed by atoms with Gasteiger partial charge >= 0.3 is 0 Å². The first kappa shape index (κ1) is 20.2. The molecule has 0 bridgehead atoms. The molecule has 2 heterocycles. The number of aromatic nitrogens is 1. The molecule has 7 nitrogen and oxygen atoms in total. The summed E-state index contributed by atoms with van der Waals surface area (Å²) in [6.45, 7) is 5.98. The average molecular weight is 388 g/mol. The van der Waals surface area contributed by atoms with Crippen LogP contribution in [0.5, 0.6) is 11.5 Å². The number of carbonyl (C=O) groups excluding carboxylic acids is 1. The van der Waals surface area contributed by atoms with Gasteiger partial charge in [-0.2, -0.15) is 0 Å². The minimum absolute atomic E-state index is 0.189. The fraction of sp³-hybridized carbons (Fsp3) is 0.524. The first-order chi connectivity index (χ1) is 13.6. The Balaban J connectivity index is 1.60. The molecule has 0 radical (unpaired) electrons. The first-order valence-corrected chi connectivity index (χ1v) is 9.71. The van der Waals surface area contributed by atoms with Crippen molar-refractivity contribution < 1.29 is 23.4 Å². The van der Waals surface area contributed by atoms with Crippen molar-refractivity contribution in [3.8, 4) is 11.5 Å². The molecule has 3 rings (SSSR count). The van der Waals surface area contributed by atoms with Crippen LogP contribution in [0.1, 0.15) is 61.0 Å². The lowest BCUT2D eigenvalue weighted by Crippen LogP contribution is -2.24.